The van der Waals surface area contributed by atoms with Crippen LogP contribution >= 0.6 is 23.1 Å². The highest BCUT2D eigenvalue weighted by Crippen LogP contribution is 2.38. The number of hydrogen-bond donors (Lipinski definition) is 2. The molecule has 0 bridgehead atoms. The number of hydrogen-bond acceptors (Lipinski definition) is 6. The monoisotopic (exact) mass is 245 g/mol. The zero-order valence-electron chi connectivity index (χ0n) is 8.59. The van der Waals surface area contributed by atoms with Crippen LogP contribution in [0.2, 0.25) is 0 Å². The van der Waals surface area contributed by atoms with E-state index in [0.29, 0.717) is 5.92 Å². The Labute approximate surface area is 97.3 Å². The number of nitrogens with two attached hydrogens (primary N) is 1. The van der Waals surface area contributed by atoms with E-state index in [1.165, 1.54) is 12.8 Å². The molecule has 0 aromatic carbocycles. The molecular formula is C9H15N3OS2. The fraction of sp³-hybridized carbons (Fsp3) is 0.778. The maximum atomic E-state index is 9.30. The molecule has 1 saturated carbocycles. The first-order valence-corrected chi connectivity index (χ1v) is 6.73. The molecule has 1 aromatic rings. The molecule has 2 rings (SSSR count). The molecule has 6 heteroatoms. The first-order valence-electron chi connectivity index (χ1n) is 5.04. The molecule has 0 spiro atoms. The van der Waals surface area contributed by atoms with Gasteiger partial charge in [-0.1, -0.05) is 23.1 Å². The van der Waals surface area contributed by atoms with Gasteiger partial charge in [0.15, 0.2) is 4.34 Å². The second kappa shape index (κ2) is 4.78. The Morgan fingerprint density at radius 1 is 1.60 bits per heavy atom. The molecule has 3 N–H and O–H groups in total. The lowest BCUT2D eigenvalue weighted by molar-refractivity contribution is 0.277. The molecule has 1 aromatic heterocycles. The Morgan fingerprint density at radius 2 is 2.33 bits per heavy atom. The second-order valence-corrected chi connectivity index (χ2v) is 6.51. The van der Waals surface area contributed by atoms with Gasteiger partial charge >= 0.3 is 0 Å². The van der Waals surface area contributed by atoms with Crippen LogP contribution in [0.1, 0.15) is 17.8 Å². The quantitative estimate of drug-likeness (QED) is 0.758. The average Bonchev–Trinajstić information content (AvgIpc) is 2.99. The Balaban J connectivity index is 1.95. The van der Waals surface area contributed by atoms with Crippen molar-refractivity contribution in [3.63, 3.8) is 0 Å². The van der Waals surface area contributed by atoms with E-state index in [-0.39, 0.29) is 17.9 Å². The summed E-state index contributed by atoms with van der Waals surface area (Å²) in [5, 5.41) is 18.3. The molecule has 1 heterocycles. The van der Waals surface area contributed by atoms with E-state index in [2.05, 4.69) is 10.2 Å². The lowest BCUT2D eigenvalue weighted by Gasteiger charge is -2.19. The van der Waals surface area contributed by atoms with E-state index in [9.17, 15) is 5.11 Å². The Hall–Kier alpha value is -0.170. The molecule has 2 unspecified atom stereocenters. The molecule has 1 aliphatic rings. The summed E-state index contributed by atoms with van der Waals surface area (Å²) in [7, 11) is 0. The number of nitrogens with zero attached hydrogens (tertiary/aromatic N) is 2. The highest BCUT2D eigenvalue weighted by Gasteiger charge is 2.34. The Kier molecular flexibility index (Phi) is 3.60. The van der Waals surface area contributed by atoms with Gasteiger partial charge in [0.2, 0.25) is 0 Å². The summed E-state index contributed by atoms with van der Waals surface area (Å²) in [6.45, 7) is 2.04. The summed E-state index contributed by atoms with van der Waals surface area (Å²) in [6.07, 6.45) is 2.40. The van der Waals surface area contributed by atoms with Crippen molar-refractivity contribution < 1.29 is 5.11 Å². The SMILES string of the molecule is Cc1nnc(SC(CO)C(N)C2CC2)s1. The fourth-order valence-electron chi connectivity index (χ4n) is 1.48. The highest BCUT2D eigenvalue weighted by molar-refractivity contribution is 8.01. The lowest BCUT2D eigenvalue weighted by atomic mass is 10.1. The van der Waals surface area contributed by atoms with Crippen LogP contribution in [-0.4, -0.2) is 33.2 Å². The normalized spacial score (nSPS) is 20.2. The molecule has 4 nitrogen and oxygen atoms in total. The van der Waals surface area contributed by atoms with Crippen molar-refractivity contribution >= 4 is 23.1 Å². The molecule has 0 saturated heterocycles. The van der Waals surface area contributed by atoms with Crippen LogP contribution in [0.4, 0.5) is 0 Å². The third-order valence-electron chi connectivity index (χ3n) is 2.54. The second-order valence-electron chi connectivity index (χ2n) is 3.84. The topological polar surface area (TPSA) is 72.0 Å². The molecular weight excluding hydrogens is 230 g/mol. The predicted molar refractivity (Wildman–Crippen MR) is 62.1 cm³/mol. The molecule has 1 aliphatic carbocycles. The molecule has 1 fully saturated rings. The smallest absolute Gasteiger partial charge is 0.174 e. The zero-order chi connectivity index (χ0) is 10.8. The highest BCUT2D eigenvalue weighted by atomic mass is 32.2. The molecule has 0 radical (unpaired) electrons. The van der Waals surface area contributed by atoms with Crippen LogP contribution in [0.15, 0.2) is 4.34 Å². The maximum Gasteiger partial charge on any atom is 0.174 e. The number of aliphatic hydroxyl groups excluding tert-OH is 1. The Bertz CT molecular complexity index is 327. The van der Waals surface area contributed by atoms with Crippen LogP contribution in [0.3, 0.4) is 0 Å². The maximum absolute atomic E-state index is 9.30. The third kappa shape index (κ3) is 2.90. The number of thioether (sulfide) groups is 1. The van der Waals surface area contributed by atoms with Crippen LogP contribution in [0.5, 0.6) is 0 Å². The third-order valence-corrected chi connectivity index (χ3v) is 4.76. The lowest BCUT2D eigenvalue weighted by Crippen LogP contribution is -2.36. The summed E-state index contributed by atoms with van der Waals surface area (Å²) < 4.78 is 0.905. The molecule has 84 valence electrons. The predicted octanol–water partition coefficient (Wildman–Crippen LogP) is 1.04. The largest absolute Gasteiger partial charge is 0.395 e. The van der Waals surface area contributed by atoms with E-state index in [0.717, 1.165) is 9.35 Å². The van der Waals surface area contributed by atoms with E-state index >= 15 is 0 Å². The van der Waals surface area contributed by atoms with E-state index < -0.39 is 0 Å². The minimum atomic E-state index is 0.0600. The summed E-state index contributed by atoms with van der Waals surface area (Å²) in [5.41, 5.74) is 6.06. The number of aryl methyl sites for hydroxylation is 1. The van der Waals surface area contributed by atoms with E-state index in [4.69, 9.17) is 5.73 Å². The summed E-state index contributed by atoms with van der Waals surface area (Å²) >= 11 is 3.11. The molecule has 0 amide bonds. The van der Waals surface area contributed by atoms with Crippen LogP contribution in [-0.2, 0) is 0 Å². The van der Waals surface area contributed by atoms with Crippen molar-refractivity contribution in [2.24, 2.45) is 11.7 Å². The van der Waals surface area contributed by atoms with Gasteiger partial charge in [-0.25, -0.2) is 0 Å². The number of aliphatic hydroxyl groups is 1. The van der Waals surface area contributed by atoms with Crippen molar-refractivity contribution in [3.8, 4) is 0 Å². The van der Waals surface area contributed by atoms with Crippen LogP contribution < -0.4 is 5.73 Å². The van der Waals surface area contributed by atoms with Gasteiger partial charge in [0.25, 0.3) is 0 Å². The first-order chi connectivity index (χ1) is 7.20. The number of aromatic nitrogens is 2. The van der Waals surface area contributed by atoms with Gasteiger partial charge in [-0.05, 0) is 25.7 Å². The van der Waals surface area contributed by atoms with E-state index in [1.54, 1.807) is 23.1 Å². The zero-order valence-corrected chi connectivity index (χ0v) is 10.2. The van der Waals surface area contributed by atoms with E-state index in [1.807, 2.05) is 6.92 Å². The van der Waals surface area contributed by atoms with Crippen LogP contribution in [0.25, 0.3) is 0 Å². The number of rotatable bonds is 5. The van der Waals surface area contributed by atoms with Gasteiger partial charge in [-0.3, -0.25) is 0 Å². The summed E-state index contributed by atoms with van der Waals surface area (Å²) in [5.74, 6) is 0.601. The van der Waals surface area contributed by atoms with Crippen molar-refractivity contribution in [1.82, 2.24) is 10.2 Å². The van der Waals surface area contributed by atoms with Crippen molar-refractivity contribution in [3.05, 3.63) is 5.01 Å². The standard InChI is InChI=1S/C9H15N3OS2/c1-5-11-12-9(14-5)15-7(4-13)8(10)6-2-3-6/h6-8,13H,2-4,10H2,1H3. The van der Waals surface area contributed by atoms with Crippen molar-refractivity contribution in [2.75, 3.05) is 6.61 Å². The minimum absolute atomic E-state index is 0.0600. The molecule has 0 aliphatic heterocycles. The van der Waals surface area contributed by atoms with Gasteiger partial charge in [0, 0.05) is 6.04 Å². The molecule has 15 heavy (non-hydrogen) atoms. The first kappa shape index (κ1) is 11.3. The van der Waals surface area contributed by atoms with Gasteiger partial charge in [-0.2, -0.15) is 0 Å². The van der Waals surface area contributed by atoms with Gasteiger partial charge in [0.1, 0.15) is 5.01 Å². The summed E-state index contributed by atoms with van der Waals surface area (Å²) in [4.78, 5) is 0. The molecule has 2 atom stereocenters. The average molecular weight is 245 g/mol. The van der Waals surface area contributed by atoms with Gasteiger partial charge in [-0.15, -0.1) is 10.2 Å². The van der Waals surface area contributed by atoms with Crippen LogP contribution in [0, 0.1) is 12.8 Å². The van der Waals surface area contributed by atoms with Crippen molar-refractivity contribution in [2.45, 2.75) is 35.4 Å². The van der Waals surface area contributed by atoms with Gasteiger partial charge in [0.05, 0.1) is 11.9 Å². The Morgan fingerprint density at radius 3 is 2.80 bits per heavy atom. The van der Waals surface area contributed by atoms with Gasteiger partial charge < -0.3 is 10.8 Å². The summed E-state index contributed by atoms with van der Waals surface area (Å²) in [6, 6.07) is 0.0872. The fourth-order valence-corrected chi connectivity index (χ4v) is 3.62. The van der Waals surface area contributed by atoms with Crippen molar-refractivity contribution in [1.29, 1.82) is 0 Å². The minimum Gasteiger partial charge on any atom is -0.395 e.